The van der Waals surface area contributed by atoms with E-state index in [9.17, 15) is 20.2 Å². The van der Waals surface area contributed by atoms with Gasteiger partial charge in [0.05, 0.1) is 33.0 Å². The highest BCUT2D eigenvalue weighted by Gasteiger charge is 2.26. The summed E-state index contributed by atoms with van der Waals surface area (Å²) in [6.45, 7) is 0. The van der Waals surface area contributed by atoms with Gasteiger partial charge < -0.3 is 10.6 Å². The molecule has 0 unspecified atom stereocenters. The standard InChI is InChI=1S/C20H12BrClN6O4/c21-11-4-6-13(7-5-11)23-19-20(24-14-3-1-2-12(22)8-14)26-16-10-18(28(31)32)17(27(29)30)9-15(16)25-19/h1-10H,(H,23,25)(H,24,26). The van der Waals surface area contributed by atoms with Crippen LogP contribution in [0.3, 0.4) is 0 Å². The third-order valence-electron chi connectivity index (χ3n) is 4.35. The number of nitro benzene ring substituents is 2. The number of rotatable bonds is 6. The largest absolute Gasteiger partial charge is 0.348 e. The Kier molecular flexibility index (Phi) is 5.84. The van der Waals surface area contributed by atoms with Crippen LogP contribution in [0.4, 0.5) is 34.4 Å². The Morgan fingerprint density at radius 3 is 1.81 bits per heavy atom. The van der Waals surface area contributed by atoms with Crippen LogP contribution in [0.1, 0.15) is 0 Å². The Labute approximate surface area is 193 Å². The summed E-state index contributed by atoms with van der Waals surface area (Å²) in [6, 6.07) is 16.2. The zero-order valence-electron chi connectivity index (χ0n) is 16.0. The van der Waals surface area contributed by atoms with Crippen molar-refractivity contribution < 1.29 is 9.85 Å². The van der Waals surface area contributed by atoms with E-state index in [4.69, 9.17) is 11.6 Å². The van der Waals surface area contributed by atoms with E-state index < -0.39 is 21.2 Å². The molecule has 32 heavy (non-hydrogen) atoms. The van der Waals surface area contributed by atoms with Gasteiger partial charge in [-0.1, -0.05) is 33.6 Å². The minimum Gasteiger partial charge on any atom is -0.337 e. The average molecular weight is 516 g/mol. The molecule has 1 aromatic heterocycles. The van der Waals surface area contributed by atoms with Gasteiger partial charge in [-0.15, -0.1) is 0 Å². The predicted molar refractivity (Wildman–Crippen MR) is 125 cm³/mol. The van der Waals surface area contributed by atoms with Crippen molar-refractivity contribution in [1.29, 1.82) is 0 Å². The minimum atomic E-state index is -0.822. The van der Waals surface area contributed by atoms with Gasteiger partial charge >= 0.3 is 11.4 Å². The van der Waals surface area contributed by atoms with E-state index >= 15 is 0 Å². The van der Waals surface area contributed by atoms with Gasteiger partial charge in [0.15, 0.2) is 11.6 Å². The molecule has 1 heterocycles. The molecule has 0 atom stereocenters. The molecule has 4 aromatic rings. The van der Waals surface area contributed by atoms with E-state index in [2.05, 4.69) is 36.5 Å². The monoisotopic (exact) mass is 514 g/mol. The van der Waals surface area contributed by atoms with Crippen molar-refractivity contribution in [2.45, 2.75) is 0 Å². The fraction of sp³-hybridized carbons (Fsp3) is 0. The fourth-order valence-corrected chi connectivity index (χ4v) is 3.37. The topological polar surface area (TPSA) is 136 Å². The maximum atomic E-state index is 11.3. The van der Waals surface area contributed by atoms with E-state index in [1.165, 1.54) is 0 Å². The van der Waals surface area contributed by atoms with Gasteiger partial charge in [0.2, 0.25) is 0 Å². The van der Waals surface area contributed by atoms with Gasteiger partial charge in [-0.2, -0.15) is 0 Å². The highest BCUT2D eigenvalue weighted by molar-refractivity contribution is 9.10. The lowest BCUT2D eigenvalue weighted by atomic mass is 10.2. The zero-order chi connectivity index (χ0) is 22.8. The SMILES string of the molecule is O=[N+]([O-])c1cc2nc(Nc3ccc(Br)cc3)c(Nc3cccc(Cl)c3)nc2cc1[N+](=O)[O-]. The van der Waals surface area contributed by atoms with E-state index in [0.29, 0.717) is 16.4 Å². The number of hydrogen-bond acceptors (Lipinski definition) is 8. The summed E-state index contributed by atoms with van der Waals surface area (Å²) in [4.78, 5) is 29.9. The van der Waals surface area contributed by atoms with Crippen molar-refractivity contribution in [3.63, 3.8) is 0 Å². The highest BCUT2D eigenvalue weighted by atomic mass is 79.9. The number of halogens is 2. The van der Waals surface area contributed by atoms with Crippen LogP contribution in [0.25, 0.3) is 11.0 Å². The summed E-state index contributed by atoms with van der Waals surface area (Å²) in [5.41, 5.74) is 0.210. The van der Waals surface area contributed by atoms with E-state index in [1.807, 2.05) is 12.1 Å². The van der Waals surface area contributed by atoms with Gasteiger partial charge in [-0.05, 0) is 42.5 Å². The summed E-state index contributed by atoms with van der Waals surface area (Å²) in [5, 5.41) is 29.4. The molecule has 0 aliphatic carbocycles. The van der Waals surface area contributed by atoms with Crippen LogP contribution in [0.15, 0.2) is 65.1 Å². The van der Waals surface area contributed by atoms with Crippen molar-refractivity contribution >= 4 is 72.9 Å². The molecule has 160 valence electrons. The first-order chi connectivity index (χ1) is 15.3. The van der Waals surface area contributed by atoms with Crippen LogP contribution in [0, 0.1) is 20.2 Å². The third-order valence-corrected chi connectivity index (χ3v) is 5.11. The van der Waals surface area contributed by atoms with Crippen LogP contribution in [0.2, 0.25) is 5.02 Å². The summed E-state index contributed by atoms with van der Waals surface area (Å²) in [6.07, 6.45) is 0. The van der Waals surface area contributed by atoms with E-state index in [0.717, 1.165) is 16.6 Å². The summed E-state index contributed by atoms with van der Waals surface area (Å²) in [5.74, 6) is 0.522. The van der Waals surface area contributed by atoms with Gasteiger partial charge in [0, 0.05) is 20.9 Å². The molecule has 12 heteroatoms. The first kappa shape index (κ1) is 21.4. The summed E-state index contributed by atoms with van der Waals surface area (Å²) < 4.78 is 0.882. The second-order valence-electron chi connectivity index (χ2n) is 6.53. The normalized spacial score (nSPS) is 10.7. The summed E-state index contributed by atoms with van der Waals surface area (Å²) in [7, 11) is 0. The Hall–Kier alpha value is -3.83. The molecule has 0 spiro atoms. The molecule has 4 rings (SSSR count). The van der Waals surface area contributed by atoms with Crippen molar-refractivity contribution in [3.05, 3.63) is 90.4 Å². The lowest BCUT2D eigenvalue weighted by Gasteiger charge is -2.14. The number of benzene rings is 3. The first-order valence-electron chi connectivity index (χ1n) is 9.00. The maximum Gasteiger partial charge on any atom is 0.348 e. The van der Waals surface area contributed by atoms with Crippen molar-refractivity contribution in [2.24, 2.45) is 0 Å². The molecule has 10 nitrogen and oxygen atoms in total. The number of hydrogen-bond donors (Lipinski definition) is 2. The van der Waals surface area contributed by atoms with Crippen molar-refractivity contribution in [2.75, 3.05) is 10.6 Å². The Bertz CT molecular complexity index is 1370. The molecule has 0 amide bonds. The third kappa shape index (κ3) is 4.58. The second-order valence-corrected chi connectivity index (χ2v) is 7.88. The Balaban J connectivity index is 1.88. The molecular weight excluding hydrogens is 504 g/mol. The smallest absolute Gasteiger partial charge is 0.337 e. The van der Waals surface area contributed by atoms with Crippen LogP contribution in [0.5, 0.6) is 0 Å². The molecule has 0 saturated carbocycles. The van der Waals surface area contributed by atoms with Crippen LogP contribution >= 0.6 is 27.5 Å². The highest BCUT2D eigenvalue weighted by Crippen LogP contribution is 2.34. The van der Waals surface area contributed by atoms with E-state index in [-0.39, 0.29) is 22.7 Å². The molecule has 3 aromatic carbocycles. The lowest BCUT2D eigenvalue weighted by Crippen LogP contribution is -2.04. The van der Waals surface area contributed by atoms with Crippen LogP contribution in [-0.2, 0) is 0 Å². The minimum absolute atomic E-state index is 0.119. The fourth-order valence-electron chi connectivity index (χ4n) is 2.92. The Morgan fingerprint density at radius 1 is 0.781 bits per heavy atom. The molecular formula is C20H12BrClN6O4. The predicted octanol–water partition coefficient (Wildman–Crippen LogP) is 6.35. The average Bonchev–Trinajstić information content (AvgIpc) is 2.74. The number of nitrogens with one attached hydrogen (secondary N) is 2. The molecule has 0 radical (unpaired) electrons. The number of aromatic nitrogens is 2. The number of fused-ring (bicyclic) bond motifs is 1. The second kappa shape index (κ2) is 8.73. The van der Waals surface area contributed by atoms with Gasteiger partial charge in [-0.25, -0.2) is 9.97 Å². The number of anilines is 4. The number of nitro groups is 2. The van der Waals surface area contributed by atoms with Gasteiger partial charge in [-0.3, -0.25) is 20.2 Å². The van der Waals surface area contributed by atoms with E-state index in [1.54, 1.807) is 36.4 Å². The summed E-state index contributed by atoms with van der Waals surface area (Å²) >= 11 is 9.43. The quantitative estimate of drug-likeness (QED) is 0.224. The van der Waals surface area contributed by atoms with Crippen LogP contribution < -0.4 is 10.6 Å². The molecule has 0 aliphatic rings. The molecule has 2 N–H and O–H groups in total. The lowest BCUT2D eigenvalue weighted by molar-refractivity contribution is -0.422. The molecule has 0 saturated heterocycles. The first-order valence-corrected chi connectivity index (χ1v) is 10.2. The zero-order valence-corrected chi connectivity index (χ0v) is 18.3. The van der Waals surface area contributed by atoms with Crippen molar-refractivity contribution in [1.82, 2.24) is 9.97 Å². The van der Waals surface area contributed by atoms with Gasteiger partial charge in [0.1, 0.15) is 0 Å². The molecule has 0 aliphatic heterocycles. The molecule has 0 bridgehead atoms. The van der Waals surface area contributed by atoms with Crippen molar-refractivity contribution in [3.8, 4) is 0 Å². The molecule has 0 fully saturated rings. The number of nitrogens with zero attached hydrogens (tertiary/aromatic N) is 4. The Morgan fingerprint density at radius 2 is 1.31 bits per heavy atom. The van der Waals surface area contributed by atoms with Gasteiger partial charge in [0.25, 0.3) is 0 Å². The van der Waals surface area contributed by atoms with Crippen LogP contribution in [-0.4, -0.2) is 19.8 Å². The maximum absolute atomic E-state index is 11.3.